The van der Waals surface area contributed by atoms with Gasteiger partial charge in [0.1, 0.15) is 24.4 Å². The van der Waals surface area contributed by atoms with Crippen molar-refractivity contribution in [1.82, 2.24) is 29.9 Å². The first-order valence-corrected chi connectivity index (χ1v) is 20.7. The van der Waals surface area contributed by atoms with E-state index in [0.717, 1.165) is 33.1 Å². The van der Waals surface area contributed by atoms with Crippen molar-refractivity contribution in [2.45, 2.75) is 61.4 Å². The molecular formula is C39H42N8O7S3. The van der Waals surface area contributed by atoms with E-state index in [1.807, 2.05) is 66.7 Å². The Morgan fingerprint density at radius 1 is 1.09 bits per heavy atom. The number of oxime groups is 1. The molecule has 4 heterocycles. The normalized spacial score (nSPS) is 18.1. The molecule has 18 heteroatoms. The van der Waals surface area contributed by atoms with E-state index in [-0.39, 0.29) is 28.3 Å². The Hall–Kier alpha value is -5.46. The zero-order valence-corrected chi connectivity index (χ0v) is 34.0. The van der Waals surface area contributed by atoms with E-state index in [4.69, 9.17) is 15.3 Å². The molecule has 0 spiro atoms. The fourth-order valence-corrected chi connectivity index (χ4v) is 9.41. The lowest BCUT2D eigenvalue weighted by atomic mass is 9.71. The molecule has 1 unspecified atom stereocenters. The van der Waals surface area contributed by atoms with E-state index in [1.54, 1.807) is 44.9 Å². The Morgan fingerprint density at radius 2 is 1.77 bits per heavy atom. The molecule has 3 atom stereocenters. The summed E-state index contributed by atoms with van der Waals surface area (Å²) in [5.41, 5.74) is 7.51. The number of fused-ring (bicyclic) bond motifs is 1. The Morgan fingerprint density at radius 3 is 2.37 bits per heavy atom. The zero-order valence-electron chi connectivity index (χ0n) is 31.6. The fraction of sp³-hybridized carbons (Fsp3) is 0.333. The quantitative estimate of drug-likeness (QED) is 0.0522. The predicted octanol–water partition coefficient (Wildman–Crippen LogP) is 5.26. The SMILES string of the molecule is CON=C(C(=O)N[C@@H]1C(=O)N2C(C(=O)O)=C(Sc3ccncc3CSCCNC(=O)OC(C)(C)C)C(C(c3ccccc3)c3ccccc3)C[C@H]12)c1nsc(N)n1. The maximum atomic E-state index is 14.0. The molecule has 0 bridgehead atoms. The van der Waals surface area contributed by atoms with Gasteiger partial charge in [-0.25, -0.2) is 9.59 Å². The van der Waals surface area contributed by atoms with E-state index in [9.17, 15) is 24.3 Å². The van der Waals surface area contributed by atoms with Crippen LogP contribution in [0.15, 0.2) is 99.8 Å². The molecule has 0 aliphatic carbocycles. The Bertz CT molecular complexity index is 2120. The summed E-state index contributed by atoms with van der Waals surface area (Å²) in [6.07, 6.45) is 3.22. The van der Waals surface area contributed by atoms with Crippen LogP contribution in [-0.2, 0) is 29.7 Å². The molecule has 57 heavy (non-hydrogen) atoms. The molecule has 6 rings (SSSR count). The first-order chi connectivity index (χ1) is 27.4. The van der Waals surface area contributed by atoms with Gasteiger partial charge in [-0.2, -0.15) is 21.1 Å². The molecule has 0 radical (unpaired) electrons. The number of β-lactam (4-membered cyclic amide) rings is 1. The highest BCUT2D eigenvalue weighted by atomic mass is 32.2. The number of benzene rings is 2. The van der Waals surface area contributed by atoms with Crippen molar-refractivity contribution in [2.24, 2.45) is 11.1 Å². The van der Waals surface area contributed by atoms with Crippen molar-refractivity contribution in [1.29, 1.82) is 0 Å². The maximum Gasteiger partial charge on any atom is 0.407 e. The Kier molecular flexibility index (Phi) is 13.2. The number of carbonyl (C=O) groups excluding carboxylic acids is 3. The number of hydrogen-bond acceptors (Lipinski definition) is 14. The summed E-state index contributed by atoms with van der Waals surface area (Å²) >= 11 is 3.76. The molecular weight excluding hydrogens is 789 g/mol. The number of amides is 3. The van der Waals surface area contributed by atoms with E-state index in [2.05, 4.69) is 30.1 Å². The van der Waals surface area contributed by atoms with Crippen LogP contribution in [0.3, 0.4) is 0 Å². The number of allylic oxidation sites excluding steroid dienone is 1. The van der Waals surface area contributed by atoms with Crippen LogP contribution in [0.5, 0.6) is 0 Å². The first kappa shape index (κ1) is 41.2. The number of carbonyl (C=O) groups is 4. The highest BCUT2D eigenvalue weighted by Crippen LogP contribution is 2.53. The number of nitrogen functional groups attached to an aromatic ring is 1. The van der Waals surface area contributed by atoms with Crippen molar-refractivity contribution in [2.75, 3.05) is 25.1 Å². The van der Waals surface area contributed by atoms with Crippen molar-refractivity contribution in [3.05, 3.63) is 112 Å². The topological polar surface area (TPSA) is 211 Å². The Balaban J connectivity index is 1.35. The van der Waals surface area contributed by atoms with E-state index >= 15 is 0 Å². The maximum absolute atomic E-state index is 14.0. The van der Waals surface area contributed by atoms with Crippen molar-refractivity contribution >= 4 is 69.8 Å². The van der Waals surface area contributed by atoms with Gasteiger partial charge >= 0.3 is 12.1 Å². The number of aliphatic carboxylic acids is 1. The number of carboxylic acid groups (broad SMARTS) is 1. The smallest absolute Gasteiger partial charge is 0.407 e. The highest BCUT2D eigenvalue weighted by molar-refractivity contribution is 8.03. The van der Waals surface area contributed by atoms with Gasteiger partial charge in [0, 0.05) is 63.6 Å². The van der Waals surface area contributed by atoms with Crippen LogP contribution < -0.4 is 16.4 Å². The standard InChI is InChI=1S/C39H42N8O7S3/c1-39(2,3)54-38(52)42-17-18-55-21-24-20-41-16-15-27(24)56-32-25(28(22-11-7-5-8-12-22)23-13-9-6-10-14-23)19-26-29(35(49)47(26)31(32)36(50)51)43-34(48)30(45-53-4)33-44-37(40)57-46-33/h5-16,20,25-26,28-29H,17-19,21H2,1-4H3,(H,42,52)(H,43,48)(H,50,51)(H2,40,44,46)/t25?,26-,29+/m1/s1. The first-order valence-electron chi connectivity index (χ1n) is 17.9. The highest BCUT2D eigenvalue weighted by Gasteiger charge is 2.57. The third-order valence-electron chi connectivity index (χ3n) is 9.04. The van der Waals surface area contributed by atoms with Crippen LogP contribution in [0.1, 0.15) is 55.6 Å². The number of nitrogens with two attached hydrogens (primary N) is 1. The number of aromatic nitrogens is 3. The molecule has 2 aliphatic heterocycles. The minimum atomic E-state index is -1.27. The predicted molar refractivity (Wildman–Crippen MR) is 218 cm³/mol. The third-order valence-corrected chi connectivity index (χ3v) is 11.9. The van der Waals surface area contributed by atoms with Gasteiger partial charge in [0.15, 0.2) is 5.13 Å². The monoisotopic (exact) mass is 830 g/mol. The van der Waals surface area contributed by atoms with Crippen molar-refractivity contribution in [3.8, 4) is 0 Å². The molecule has 1 saturated heterocycles. The van der Waals surface area contributed by atoms with Crippen LogP contribution in [0.2, 0.25) is 0 Å². The Labute approximate surface area is 342 Å². The van der Waals surface area contributed by atoms with Gasteiger partial charge in [0.2, 0.25) is 11.5 Å². The molecule has 3 amide bonds. The molecule has 298 valence electrons. The summed E-state index contributed by atoms with van der Waals surface area (Å²) in [6.45, 7) is 5.79. The van der Waals surface area contributed by atoms with Gasteiger partial charge in [-0.05, 0) is 49.9 Å². The van der Waals surface area contributed by atoms with Gasteiger partial charge in [-0.15, -0.1) is 0 Å². The van der Waals surface area contributed by atoms with E-state index < -0.39 is 47.5 Å². The minimum Gasteiger partial charge on any atom is -0.477 e. The third kappa shape index (κ3) is 9.75. The van der Waals surface area contributed by atoms with Gasteiger partial charge in [-0.1, -0.05) is 77.6 Å². The fourth-order valence-electron chi connectivity index (χ4n) is 6.76. The van der Waals surface area contributed by atoms with Gasteiger partial charge < -0.3 is 31.0 Å². The second-order valence-corrected chi connectivity index (χ2v) is 17.0. The minimum absolute atomic E-state index is 0.0642. The number of hydrogen-bond donors (Lipinski definition) is 4. The zero-order chi connectivity index (χ0) is 40.7. The summed E-state index contributed by atoms with van der Waals surface area (Å²) in [4.78, 5) is 69.1. The summed E-state index contributed by atoms with van der Waals surface area (Å²) in [7, 11) is 1.26. The molecule has 5 N–H and O–H groups in total. The lowest BCUT2D eigenvalue weighted by Crippen LogP contribution is -2.73. The van der Waals surface area contributed by atoms with Crippen LogP contribution >= 0.6 is 35.1 Å². The number of ether oxygens (including phenoxy) is 1. The molecule has 2 aromatic carbocycles. The number of rotatable bonds is 15. The molecule has 2 aliphatic rings. The largest absolute Gasteiger partial charge is 0.477 e. The van der Waals surface area contributed by atoms with E-state index in [1.165, 1.54) is 23.8 Å². The second kappa shape index (κ2) is 18.2. The molecule has 0 saturated carbocycles. The second-order valence-electron chi connectivity index (χ2n) is 14.0. The number of anilines is 1. The van der Waals surface area contributed by atoms with Crippen molar-refractivity contribution < 1.29 is 33.9 Å². The number of thioether (sulfide) groups is 2. The summed E-state index contributed by atoms with van der Waals surface area (Å²) in [6, 6.07) is 19.7. The van der Waals surface area contributed by atoms with Gasteiger partial charge in [0.05, 0.1) is 6.04 Å². The molecule has 1 fully saturated rings. The number of alkyl carbamates (subject to hydrolysis) is 1. The summed E-state index contributed by atoms with van der Waals surface area (Å²) < 4.78 is 9.40. The number of nitrogens with one attached hydrogen (secondary N) is 2. The van der Waals surface area contributed by atoms with Gasteiger partial charge in [-0.3, -0.25) is 19.5 Å². The van der Waals surface area contributed by atoms with Gasteiger partial charge in [0.25, 0.3) is 11.8 Å². The molecule has 4 aromatic rings. The number of nitrogens with zero attached hydrogens (tertiary/aromatic N) is 5. The molecule has 2 aromatic heterocycles. The summed E-state index contributed by atoms with van der Waals surface area (Å²) in [5, 5.41) is 20.4. The average molecular weight is 831 g/mol. The van der Waals surface area contributed by atoms with Crippen molar-refractivity contribution in [3.63, 3.8) is 0 Å². The average Bonchev–Trinajstić information content (AvgIpc) is 3.62. The molecule has 15 nitrogen and oxygen atoms in total. The van der Waals surface area contributed by atoms with Crippen LogP contribution in [0, 0.1) is 5.92 Å². The number of pyridine rings is 1. The van der Waals surface area contributed by atoms with E-state index in [0.29, 0.717) is 29.4 Å². The van der Waals surface area contributed by atoms with Crippen LogP contribution in [0.4, 0.5) is 9.93 Å². The van der Waals surface area contributed by atoms with Crippen LogP contribution in [0.25, 0.3) is 0 Å². The lowest BCUT2D eigenvalue weighted by molar-refractivity contribution is -0.156. The van der Waals surface area contributed by atoms with Crippen LogP contribution in [-0.4, -0.2) is 91.0 Å². The number of carboxylic acids is 1. The lowest BCUT2D eigenvalue weighted by Gasteiger charge is -2.53. The summed E-state index contributed by atoms with van der Waals surface area (Å²) in [5.74, 6) is -2.36.